The summed E-state index contributed by atoms with van der Waals surface area (Å²) in [5.41, 5.74) is 2.38. The summed E-state index contributed by atoms with van der Waals surface area (Å²) in [4.78, 5) is 2.08. The van der Waals surface area contributed by atoms with Gasteiger partial charge in [0.05, 0.1) is 6.07 Å². The number of rotatable bonds is 4. The van der Waals surface area contributed by atoms with Crippen molar-refractivity contribution in [2.45, 2.75) is 13.0 Å². The van der Waals surface area contributed by atoms with E-state index in [2.05, 4.69) is 41.4 Å². The van der Waals surface area contributed by atoms with Crippen LogP contribution < -0.4 is 10.2 Å². The minimum Gasteiger partial charge on any atom is -0.372 e. The Balaban J connectivity index is 2.69. The topological polar surface area (TPSA) is 39.1 Å². The Kier molecular flexibility index (Phi) is 4.14. The first-order valence-electron chi connectivity index (χ1n) is 5.02. The van der Waals surface area contributed by atoms with Crippen molar-refractivity contribution in [2.24, 2.45) is 0 Å². The summed E-state index contributed by atoms with van der Waals surface area (Å²) in [5.74, 6) is 0. The smallest absolute Gasteiger partial charge is 0.113 e. The Labute approximate surface area is 91.3 Å². The predicted molar refractivity (Wildman–Crippen MR) is 62.9 cm³/mol. The second-order valence-electron chi connectivity index (χ2n) is 3.69. The van der Waals surface area contributed by atoms with Crippen LogP contribution in [0.5, 0.6) is 0 Å². The summed E-state index contributed by atoms with van der Waals surface area (Å²) < 4.78 is 0. The molecule has 3 nitrogen and oxygen atoms in total. The zero-order valence-electron chi connectivity index (χ0n) is 9.49. The molecule has 0 aliphatic rings. The maximum Gasteiger partial charge on any atom is 0.113 e. The lowest BCUT2D eigenvalue weighted by atomic mass is 10.2. The van der Waals surface area contributed by atoms with Gasteiger partial charge in [0.1, 0.15) is 6.04 Å². The Bertz CT molecular complexity index is 354. The van der Waals surface area contributed by atoms with E-state index < -0.39 is 0 Å². The summed E-state index contributed by atoms with van der Waals surface area (Å²) in [6.07, 6.45) is 0. The van der Waals surface area contributed by atoms with Gasteiger partial charge in [-0.05, 0) is 31.7 Å². The predicted octanol–water partition coefficient (Wildman–Crippen LogP) is 1.54. The van der Waals surface area contributed by atoms with Crippen molar-refractivity contribution >= 4 is 5.69 Å². The van der Waals surface area contributed by atoms with Crippen LogP contribution in [0.4, 0.5) is 5.69 Å². The van der Waals surface area contributed by atoms with E-state index in [4.69, 9.17) is 5.26 Å². The van der Waals surface area contributed by atoms with Gasteiger partial charge in [0, 0.05) is 19.3 Å². The molecule has 1 aromatic rings. The van der Waals surface area contributed by atoms with Gasteiger partial charge < -0.3 is 10.2 Å². The number of hydrogen-bond donors (Lipinski definition) is 1. The summed E-state index contributed by atoms with van der Waals surface area (Å²) >= 11 is 0. The van der Waals surface area contributed by atoms with E-state index in [9.17, 15) is 0 Å². The van der Waals surface area contributed by atoms with Gasteiger partial charge in [-0.15, -0.1) is 0 Å². The fourth-order valence-electron chi connectivity index (χ4n) is 1.44. The van der Waals surface area contributed by atoms with Crippen molar-refractivity contribution in [3.8, 4) is 6.07 Å². The summed E-state index contributed by atoms with van der Waals surface area (Å²) in [7, 11) is 3.80. The molecule has 0 saturated carbocycles. The van der Waals surface area contributed by atoms with E-state index in [0.29, 0.717) is 6.54 Å². The van der Waals surface area contributed by atoms with E-state index in [1.807, 2.05) is 13.1 Å². The summed E-state index contributed by atoms with van der Waals surface area (Å²) in [6, 6.07) is 10.3. The Morgan fingerprint density at radius 2 is 2.27 bits per heavy atom. The first-order chi connectivity index (χ1) is 7.17. The Morgan fingerprint density at radius 3 is 2.80 bits per heavy atom. The number of aryl methyl sites for hydroxylation is 1. The largest absolute Gasteiger partial charge is 0.372 e. The Hall–Kier alpha value is -1.53. The molecule has 0 aliphatic carbocycles. The molecule has 15 heavy (non-hydrogen) atoms. The number of likely N-dealkylation sites (N-methyl/N-ethyl adjacent to an activating group) is 2. The molecular weight excluding hydrogens is 186 g/mol. The minimum atomic E-state index is -0.129. The molecule has 1 rings (SSSR count). The van der Waals surface area contributed by atoms with E-state index in [1.165, 1.54) is 5.56 Å². The van der Waals surface area contributed by atoms with Crippen LogP contribution in [0.3, 0.4) is 0 Å². The molecule has 1 N–H and O–H groups in total. The summed E-state index contributed by atoms with van der Waals surface area (Å²) in [6.45, 7) is 2.76. The molecule has 0 aromatic heterocycles. The molecule has 0 radical (unpaired) electrons. The van der Waals surface area contributed by atoms with Crippen LogP contribution in [0, 0.1) is 18.3 Å². The number of nitrogens with one attached hydrogen (secondary N) is 1. The highest BCUT2D eigenvalue weighted by Gasteiger charge is 2.08. The van der Waals surface area contributed by atoms with Crippen LogP contribution >= 0.6 is 0 Å². The SMILES string of the molecule is CNC(C#N)CN(C)c1cccc(C)c1. The van der Waals surface area contributed by atoms with Crippen molar-refractivity contribution in [3.63, 3.8) is 0 Å². The second kappa shape index (κ2) is 5.38. The molecule has 0 saturated heterocycles. The number of hydrogen-bond acceptors (Lipinski definition) is 3. The van der Waals surface area contributed by atoms with E-state index in [1.54, 1.807) is 7.05 Å². The molecule has 3 heteroatoms. The zero-order chi connectivity index (χ0) is 11.3. The molecular formula is C12H17N3. The zero-order valence-corrected chi connectivity index (χ0v) is 9.49. The van der Waals surface area contributed by atoms with Crippen LogP contribution in [-0.4, -0.2) is 26.7 Å². The van der Waals surface area contributed by atoms with Crippen LogP contribution in [0.2, 0.25) is 0 Å². The van der Waals surface area contributed by atoms with Crippen LogP contribution in [0.1, 0.15) is 5.56 Å². The van der Waals surface area contributed by atoms with Gasteiger partial charge in [0.15, 0.2) is 0 Å². The quantitative estimate of drug-likeness (QED) is 0.807. The summed E-state index contributed by atoms with van der Waals surface area (Å²) in [5, 5.41) is 11.8. The average Bonchev–Trinajstić information content (AvgIpc) is 2.25. The molecule has 0 amide bonds. The lowest BCUT2D eigenvalue weighted by Gasteiger charge is -2.22. The third-order valence-electron chi connectivity index (χ3n) is 2.40. The van der Waals surface area contributed by atoms with Gasteiger partial charge in [-0.2, -0.15) is 5.26 Å². The molecule has 1 atom stereocenters. The van der Waals surface area contributed by atoms with E-state index in [0.717, 1.165) is 5.69 Å². The van der Waals surface area contributed by atoms with Gasteiger partial charge >= 0.3 is 0 Å². The van der Waals surface area contributed by atoms with Crippen LogP contribution in [0.25, 0.3) is 0 Å². The van der Waals surface area contributed by atoms with Gasteiger partial charge in [-0.3, -0.25) is 0 Å². The number of nitriles is 1. The van der Waals surface area contributed by atoms with Crippen molar-refractivity contribution in [3.05, 3.63) is 29.8 Å². The second-order valence-corrected chi connectivity index (χ2v) is 3.69. The van der Waals surface area contributed by atoms with Crippen LogP contribution in [-0.2, 0) is 0 Å². The molecule has 0 spiro atoms. The minimum absolute atomic E-state index is 0.129. The standard InChI is InChI=1S/C12H17N3/c1-10-5-4-6-12(7-10)15(3)9-11(8-13)14-2/h4-7,11,14H,9H2,1-3H3. The third kappa shape index (κ3) is 3.26. The molecule has 0 heterocycles. The van der Waals surface area contributed by atoms with Crippen molar-refractivity contribution < 1.29 is 0 Å². The molecule has 1 aromatic carbocycles. The number of nitrogens with zero attached hydrogens (tertiary/aromatic N) is 2. The van der Waals surface area contributed by atoms with Crippen molar-refractivity contribution in [2.75, 3.05) is 25.5 Å². The third-order valence-corrected chi connectivity index (χ3v) is 2.40. The molecule has 0 bridgehead atoms. The first-order valence-corrected chi connectivity index (χ1v) is 5.02. The van der Waals surface area contributed by atoms with Crippen LogP contribution in [0.15, 0.2) is 24.3 Å². The van der Waals surface area contributed by atoms with E-state index in [-0.39, 0.29) is 6.04 Å². The normalized spacial score (nSPS) is 11.9. The molecule has 80 valence electrons. The molecule has 1 unspecified atom stereocenters. The number of anilines is 1. The van der Waals surface area contributed by atoms with Crippen molar-refractivity contribution in [1.82, 2.24) is 5.32 Å². The first kappa shape index (κ1) is 11.5. The highest BCUT2D eigenvalue weighted by Crippen LogP contribution is 2.14. The van der Waals surface area contributed by atoms with Gasteiger partial charge in [0.2, 0.25) is 0 Å². The fourth-order valence-corrected chi connectivity index (χ4v) is 1.44. The highest BCUT2D eigenvalue weighted by molar-refractivity contribution is 5.47. The molecule has 0 fully saturated rings. The van der Waals surface area contributed by atoms with Gasteiger partial charge in [-0.1, -0.05) is 12.1 Å². The maximum atomic E-state index is 8.84. The van der Waals surface area contributed by atoms with Gasteiger partial charge in [-0.25, -0.2) is 0 Å². The number of benzene rings is 1. The Morgan fingerprint density at radius 1 is 1.53 bits per heavy atom. The van der Waals surface area contributed by atoms with Gasteiger partial charge in [0.25, 0.3) is 0 Å². The lowest BCUT2D eigenvalue weighted by Crippen LogP contribution is -2.36. The monoisotopic (exact) mass is 203 g/mol. The van der Waals surface area contributed by atoms with E-state index >= 15 is 0 Å². The van der Waals surface area contributed by atoms with Crippen molar-refractivity contribution in [1.29, 1.82) is 5.26 Å². The maximum absolute atomic E-state index is 8.84. The molecule has 0 aliphatic heterocycles. The lowest BCUT2D eigenvalue weighted by molar-refractivity contribution is 0.666. The fraction of sp³-hybridized carbons (Fsp3) is 0.417. The highest BCUT2D eigenvalue weighted by atomic mass is 15.1. The average molecular weight is 203 g/mol.